The van der Waals surface area contributed by atoms with E-state index in [2.05, 4.69) is 43.5 Å². The third kappa shape index (κ3) is 2.77. The molecule has 4 heteroatoms. The van der Waals surface area contributed by atoms with E-state index >= 15 is 0 Å². The number of likely N-dealkylation sites (N-methyl/N-ethyl adjacent to an activating group) is 1. The summed E-state index contributed by atoms with van der Waals surface area (Å²) in [7, 11) is 4.28. The number of imidazole rings is 1. The molecule has 0 amide bonds. The summed E-state index contributed by atoms with van der Waals surface area (Å²) in [5, 5.41) is 0. The zero-order valence-electron chi connectivity index (χ0n) is 13.5. The van der Waals surface area contributed by atoms with Gasteiger partial charge in [0.2, 0.25) is 0 Å². The maximum atomic E-state index is 5.93. The first-order valence-electron chi connectivity index (χ1n) is 7.89. The molecule has 1 aliphatic rings. The van der Waals surface area contributed by atoms with Crippen LogP contribution >= 0.6 is 0 Å². The molecule has 1 aromatic carbocycles. The minimum atomic E-state index is 0.448. The van der Waals surface area contributed by atoms with E-state index in [9.17, 15) is 0 Å². The molecule has 1 unspecified atom stereocenters. The van der Waals surface area contributed by atoms with Crippen LogP contribution in [0.4, 0.5) is 5.69 Å². The van der Waals surface area contributed by atoms with Gasteiger partial charge in [0.05, 0.1) is 17.1 Å². The van der Waals surface area contributed by atoms with Crippen molar-refractivity contribution in [1.29, 1.82) is 0 Å². The van der Waals surface area contributed by atoms with Crippen LogP contribution in [0, 0.1) is 5.92 Å². The molecule has 21 heavy (non-hydrogen) atoms. The molecule has 1 aliphatic carbocycles. The van der Waals surface area contributed by atoms with Crippen molar-refractivity contribution in [2.45, 2.75) is 38.6 Å². The Morgan fingerprint density at radius 1 is 1.33 bits per heavy atom. The second-order valence-corrected chi connectivity index (χ2v) is 6.94. The van der Waals surface area contributed by atoms with Crippen molar-refractivity contribution in [2.75, 3.05) is 26.4 Å². The smallest absolute Gasteiger partial charge is 0.113 e. The summed E-state index contributed by atoms with van der Waals surface area (Å²) in [6.07, 6.45) is 2.54. The first-order valence-corrected chi connectivity index (χ1v) is 7.89. The van der Waals surface area contributed by atoms with Crippen LogP contribution in [0.3, 0.4) is 0 Å². The summed E-state index contributed by atoms with van der Waals surface area (Å²) in [6.45, 7) is 5.63. The number of aromatic nitrogens is 2. The topological polar surface area (TPSA) is 47.1 Å². The number of nitrogens with zero attached hydrogens (tertiary/aromatic N) is 3. The molecule has 1 heterocycles. The van der Waals surface area contributed by atoms with Crippen molar-refractivity contribution in [3.63, 3.8) is 0 Å². The Morgan fingerprint density at radius 2 is 2.05 bits per heavy atom. The van der Waals surface area contributed by atoms with Crippen molar-refractivity contribution in [3.05, 3.63) is 24.0 Å². The average molecular weight is 286 g/mol. The van der Waals surface area contributed by atoms with Crippen molar-refractivity contribution in [1.82, 2.24) is 14.5 Å². The second-order valence-electron chi connectivity index (χ2n) is 6.94. The summed E-state index contributed by atoms with van der Waals surface area (Å²) < 4.78 is 2.48. The highest BCUT2D eigenvalue weighted by Crippen LogP contribution is 2.42. The Morgan fingerprint density at radius 3 is 2.62 bits per heavy atom. The zero-order chi connectivity index (χ0) is 15.1. The third-order valence-corrected chi connectivity index (χ3v) is 4.34. The predicted molar refractivity (Wildman–Crippen MR) is 88.5 cm³/mol. The molecule has 2 N–H and O–H groups in total. The van der Waals surface area contributed by atoms with Gasteiger partial charge in [-0.15, -0.1) is 0 Å². The summed E-state index contributed by atoms with van der Waals surface area (Å²) in [4.78, 5) is 7.18. The maximum Gasteiger partial charge on any atom is 0.113 e. The molecule has 0 aliphatic heterocycles. The first kappa shape index (κ1) is 14.4. The summed E-state index contributed by atoms with van der Waals surface area (Å²) in [5.74, 6) is 2.47. The third-order valence-electron chi connectivity index (χ3n) is 4.34. The van der Waals surface area contributed by atoms with Gasteiger partial charge in [-0.2, -0.15) is 0 Å². The number of benzene rings is 1. The number of fused-ring (bicyclic) bond motifs is 1. The number of nitrogens with two attached hydrogens (primary N) is 1. The van der Waals surface area contributed by atoms with E-state index in [-0.39, 0.29) is 0 Å². The fourth-order valence-electron chi connectivity index (χ4n) is 3.08. The first-order chi connectivity index (χ1) is 9.97. The molecule has 1 fully saturated rings. The number of hydrogen-bond acceptors (Lipinski definition) is 3. The van der Waals surface area contributed by atoms with E-state index < -0.39 is 0 Å². The van der Waals surface area contributed by atoms with E-state index in [0.717, 1.165) is 17.7 Å². The predicted octanol–water partition coefficient (Wildman–Crippen LogP) is 3.25. The van der Waals surface area contributed by atoms with Gasteiger partial charge in [-0.3, -0.25) is 0 Å². The standard InChI is InChI=1S/C17H26N4/c1-11(2)16(10-20(3)4)21-15-8-7-13(18)9-14(15)19-17(21)12-5-6-12/h7-9,11-12,16H,5-6,10,18H2,1-4H3. The van der Waals surface area contributed by atoms with Crippen molar-refractivity contribution in [2.24, 2.45) is 5.92 Å². The lowest BCUT2D eigenvalue weighted by Crippen LogP contribution is -2.29. The molecule has 0 saturated heterocycles. The highest BCUT2D eigenvalue weighted by Gasteiger charge is 2.32. The highest BCUT2D eigenvalue weighted by atomic mass is 15.2. The molecule has 0 bridgehead atoms. The highest BCUT2D eigenvalue weighted by molar-refractivity contribution is 5.80. The quantitative estimate of drug-likeness (QED) is 0.858. The van der Waals surface area contributed by atoms with Crippen LogP contribution in [0.5, 0.6) is 0 Å². The SMILES string of the molecule is CC(C)C(CN(C)C)n1c(C2CC2)nc2cc(N)ccc21. The van der Waals surface area contributed by atoms with Gasteiger partial charge in [-0.25, -0.2) is 4.98 Å². The van der Waals surface area contributed by atoms with Crippen molar-refractivity contribution in [3.8, 4) is 0 Å². The van der Waals surface area contributed by atoms with E-state index in [0.29, 0.717) is 17.9 Å². The Labute approximate surface area is 126 Å². The molecule has 0 radical (unpaired) electrons. The fraction of sp³-hybridized carbons (Fsp3) is 0.588. The van der Waals surface area contributed by atoms with Crippen molar-refractivity contribution < 1.29 is 0 Å². The maximum absolute atomic E-state index is 5.93. The Hall–Kier alpha value is -1.55. The Balaban J connectivity index is 2.15. The Bertz CT molecular complexity index is 638. The van der Waals surface area contributed by atoms with Crippen LogP contribution in [0.1, 0.15) is 44.5 Å². The van der Waals surface area contributed by atoms with Gasteiger partial charge in [0.25, 0.3) is 0 Å². The van der Waals surface area contributed by atoms with Crippen LogP contribution in [-0.4, -0.2) is 35.1 Å². The van der Waals surface area contributed by atoms with Crippen LogP contribution in [-0.2, 0) is 0 Å². The lowest BCUT2D eigenvalue weighted by atomic mass is 10.0. The molecule has 1 saturated carbocycles. The Kier molecular flexibility index (Phi) is 3.66. The molecule has 1 aromatic heterocycles. The lowest BCUT2D eigenvalue weighted by Gasteiger charge is -2.28. The number of nitrogen functional groups attached to an aromatic ring is 1. The van der Waals surface area contributed by atoms with Gasteiger partial charge in [0.1, 0.15) is 5.82 Å². The van der Waals surface area contributed by atoms with E-state index in [4.69, 9.17) is 10.7 Å². The number of hydrogen-bond donors (Lipinski definition) is 1. The minimum Gasteiger partial charge on any atom is -0.399 e. The molecule has 1 atom stereocenters. The van der Waals surface area contributed by atoms with E-state index in [1.165, 1.54) is 24.2 Å². The lowest BCUT2D eigenvalue weighted by molar-refractivity contribution is 0.269. The fourth-order valence-corrected chi connectivity index (χ4v) is 3.08. The van der Waals surface area contributed by atoms with E-state index in [1.807, 2.05) is 12.1 Å². The molecular formula is C17H26N4. The largest absolute Gasteiger partial charge is 0.399 e. The normalized spacial score (nSPS) is 17.0. The molecule has 3 rings (SSSR count). The van der Waals surface area contributed by atoms with Gasteiger partial charge in [-0.05, 0) is 51.1 Å². The van der Waals surface area contributed by atoms with Gasteiger partial charge in [0, 0.05) is 18.2 Å². The molecule has 4 nitrogen and oxygen atoms in total. The van der Waals surface area contributed by atoms with Gasteiger partial charge in [0.15, 0.2) is 0 Å². The summed E-state index contributed by atoms with van der Waals surface area (Å²) >= 11 is 0. The van der Waals surface area contributed by atoms with Gasteiger partial charge < -0.3 is 15.2 Å². The summed E-state index contributed by atoms with van der Waals surface area (Å²) in [5.41, 5.74) is 9.00. The van der Waals surface area contributed by atoms with Crippen LogP contribution in [0.15, 0.2) is 18.2 Å². The summed E-state index contributed by atoms with van der Waals surface area (Å²) in [6, 6.07) is 6.58. The molecular weight excluding hydrogens is 260 g/mol. The van der Waals surface area contributed by atoms with Crippen molar-refractivity contribution >= 4 is 16.7 Å². The van der Waals surface area contributed by atoms with Crippen LogP contribution in [0.25, 0.3) is 11.0 Å². The van der Waals surface area contributed by atoms with E-state index in [1.54, 1.807) is 0 Å². The monoisotopic (exact) mass is 286 g/mol. The average Bonchev–Trinajstić information content (AvgIpc) is 3.17. The van der Waals surface area contributed by atoms with Gasteiger partial charge >= 0.3 is 0 Å². The number of anilines is 1. The van der Waals surface area contributed by atoms with Crippen LogP contribution in [0.2, 0.25) is 0 Å². The number of rotatable bonds is 5. The minimum absolute atomic E-state index is 0.448. The zero-order valence-corrected chi connectivity index (χ0v) is 13.5. The molecule has 0 spiro atoms. The molecule has 2 aromatic rings. The molecule has 114 valence electrons. The van der Waals surface area contributed by atoms with Crippen LogP contribution < -0.4 is 5.73 Å². The van der Waals surface area contributed by atoms with Gasteiger partial charge in [-0.1, -0.05) is 13.8 Å². The second kappa shape index (κ2) is 5.34.